The van der Waals surface area contributed by atoms with Crippen LogP contribution in [0, 0.1) is 0 Å². The molecule has 4 aromatic rings. The molecule has 0 amide bonds. The zero-order valence-electron chi connectivity index (χ0n) is 23.8. The third-order valence-electron chi connectivity index (χ3n) is 7.66. The van der Waals surface area contributed by atoms with Crippen LogP contribution in [0.4, 0.5) is 0 Å². The Bertz CT molecular complexity index is 1360. The second-order valence-corrected chi connectivity index (χ2v) is 11.5. The fourth-order valence-corrected chi connectivity index (χ4v) is 6.95. The van der Waals surface area contributed by atoms with E-state index in [1.807, 2.05) is 30.0 Å². The fourth-order valence-electron chi connectivity index (χ4n) is 5.49. The molecular weight excluding hydrogens is 536 g/mol. The molecule has 1 aromatic heterocycles. The molecule has 1 fully saturated rings. The fraction of sp³-hybridized carbons (Fsp3) is 0.382. The highest BCUT2D eigenvalue weighted by Gasteiger charge is 2.33. The van der Waals surface area contributed by atoms with Crippen molar-refractivity contribution in [3.8, 4) is 5.75 Å². The molecule has 216 valence electrons. The van der Waals surface area contributed by atoms with Gasteiger partial charge in [-0.05, 0) is 55.1 Å². The van der Waals surface area contributed by atoms with Crippen molar-refractivity contribution in [1.82, 2.24) is 0 Å². The van der Waals surface area contributed by atoms with E-state index in [9.17, 15) is 4.79 Å². The van der Waals surface area contributed by atoms with Crippen molar-refractivity contribution < 1.29 is 28.2 Å². The van der Waals surface area contributed by atoms with Gasteiger partial charge < -0.3 is 23.4 Å². The van der Waals surface area contributed by atoms with E-state index in [4.69, 9.17) is 23.4 Å². The molecule has 0 bridgehead atoms. The summed E-state index contributed by atoms with van der Waals surface area (Å²) in [6.45, 7) is 3.11. The first-order valence-electron chi connectivity index (χ1n) is 14.4. The molecule has 1 aliphatic heterocycles. The van der Waals surface area contributed by atoms with E-state index >= 15 is 0 Å². The van der Waals surface area contributed by atoms with Crippen LogP contribution in [0.3, 0.4) is 0 Å². The minimum Gasteiger partial charge on any atom is -0.478 e. The van der Waals surface area contributed by atoms with Gasteiger partial charge in [0.05, 0.1) is 11.9 Å². The molecule has 1 atom stereocenters. The maximum Gasteiger partial charge on any atom is 0.343 e. The molecule has 0 aliphatic carbocycles. The highest BCUT2D eigenvalue weighted by molar-refractivity contribution is 8.00. The molecule has 2 heterocycles. The van der Waals surface area contributed by atoms with Crippen molar-refractivity contribution in [3.05, 3.63) is 101 Å². The molecule has 0 spiro atoms. The van der Waals surface area contributed by atoms with Crippen LogP contribution in [-0.2, 0) is 36.8 Å². The molecule has 1 saturated heterocycles. The SMILES string of the molecule is CCC(SCCc1c(COC2CCCCO2)oc2c(OCC(=O)OC)cccc12)(c1ccccc1)c1ccccc1. The largest absolute Gasteiger partial charge is 0.478 e. The maximum atomic E-state index is 11.8. The number of furan rings is 1. The number of carbonyl (C=O) groups is 1. The Kier molecular flexibility index (Phi) is 10.0. The number of rotatable bonds is 13. The van der Waals surface area contributed by atoms with E-state index in [-0.39, 0.29) is 17.6 Å². The minimum absolute atomic E-state index is 0.177. The quantitative estimate of drug-likeness (QED) is 0.152. The molecule has 0 radical (unpaired) electrons. The second kappa shape index (κ2) is 14.1. The van der Waals surface area contributed by atoms with Crippen LogP contribution in [0.1, 0.15) is 55.1 Å². The van der Waals surface area contributed by atoms with Crippen molar-refractivity contribution >= 4 is 28.7 Å². The van der Waals surface area contributed by atoms with Gasteiger partial charge in [0.1, 0.15) is 12.4 Å². The number of carbonyl (C=O) groups excluding carboxylic acids is 1. The van der Waals surface area contributed by atoms with Crippen LogP contribution in [0.25, 0.3) is 11.0 Å². The summed E-state index contributed by atoms with van der Waals surface area (Å²) in [7, 11) is 1.35. The number of ether oxygens (including phenoxy) is 4. The van der Waals surface area contributed by atoms with E-state index in [1.54, 1.807) is 0 Å². The highest BCUT2D eigenvalue weighted by Crippen LogP contribution is 2.46. The van der Waals surface area contributed by atoms with Gasteiger partial charge in [0.15, 0.2) is 24.2 Å². The Labute approximate surface area is 246 Å². The molecule has 7 heteroatoms. The van der Waals surface area contributed by atoms with E-state index in [1.165, 1.54) is 18.2 Å². The zero-order valence-corrected chi connectivity index (χ0v) is 24.6. The molecular formula is C34H38O6S. The summed E-state index contributed by atoms with van der Waals surface area (Å²) < 4.78 is 28.7. The van der Waals surface area contributed by atoms with Crippen molar-refractivity contribution in [2.24, 2.45) is 0 Å². The van der Waals surface area contributed by atoms with Crippen LogP contribution in [0.15, 0.2) is 83.3 Å². The summed E-state index contributed by atoms with van der Waals surface area (Å²) in [5.41, 5.74) is 4.31. The maximum absolute atomic E-state index is 11.8. The smallest absolute Gasteiger partial charge is 0.343 e. The predicted octanol–water partition coefficient (Wildman–Crippen LogP) is 7.66. The lowest BCUT2D eigenvalue weighted by molar-refractivity contribution is -0.171. The van der Waals surface area contributed by atoms with Gasteiger partial charge in [-0.1, -0.05) is 79.7 Å². The number of para-hydroxylation sites is 1. The Hall–Kier alpha value is -3.26. The van der Waals surface area contributed by atoms with Crippen LogP contribution >= 0.6 is 11.8 Å². The standard InChI is InChI=1S/C34H38O6S/c1-3-34(25-13-6-4-7-14-25,26-15-8-5-9-16-26)41-22-20-27-28-17-12-18-29(38-24-31(35)36-2)33(28)40-30(27)23-39-32-19-10-11-21-37-32/h4-9,12-18,32H,3,10-11,19-24H2,1-2H3. The number of fused-ring (bicyclic) bond motifs is 1. The van der Waals surface area contributed by atoms with E-state index < -0.39 is 5.97 Å². The first-order valence-corrected chi connectivity index (χ1v) is 15.3. The van der Waals surface area contributed by atoms with Gasteiger partial charge >= 0.3 is 5.97 Å². The predicted molar refractivity (Wildman–Crippen MR) is 162 cm³/mol. The number of thioether (sulfide) groups is 1. The first-order chi connectivity index (χ1) is 20.1. The van der Waals surface area contributed by atoms with Crippen molar-refractivity contribution in [3.63, 3.8) is 0 Å². The van der Waals surface area contributed by atoms with Gasteiger partial charge in [0.2, 0.25) is 0 Å². The van der Waals surface area contributed by atoms with E-state index in [2.05, 4.69) is 67.6 Å². The van der Waals surface area contributed by atoms with Crippen LogP contribution in [-0.4, -0.2) is 38.3 Å². The molecule has 41 heavy (non-hydrogen) atoms. The lowest BCUT2D eigenvalue weighted by Crippen LogP contribution is -2.24. The zero-order chi connectivity index (χ0) is 28.5. The number of aryl methyl sites for hydroxylation is 1. The summed E-state index contributed by atoms with van der Waals surface area (Å²) >= 11 is 1.96. The topological polar surface area (TPSA) is 67.1 Å². The highest BCUT2D eigenvalue weighted by atomic mass is 32.2. The minimum atomic E-state index is -0.444. The Morgan fingerprint density at radius 2 is 1.71 bits per heavy atom. The van der Waals surface area contributed by atoms with Crippen LogP contribution in [0.2, 0.25) is 0 Å². The molecule has 1 unspecified atom stereocenters. The van der Waals surface area contributed by atoms with Gasteiger partial charge in [-0.25, -0.2) is 4.79 Å². The lowest BCUT2D eigenvalue weighted by atomic mass is 9.88. The Morgan fingerprint density at radius 1 is 0.976 bits per heavy atom. The summed E-state index contributed by atoms with van der Waals surface area (Å²) in [6.07, 6.45) is 4.56. The monoisotopic (exact) mass is 574 g/mol. The van der Waals surface area contributed by atoms with Crippen LogP contribution < -0.4 is 4.74 Å². The molecule has 6 nitrogen and oxygen atoms in total. The van der Waals surface area contributed by atoms with Crippen molar-refractivity contribution in [1.29, 1.82) is 0 Å². The second-order valence-electron chi connectivity index (χ2n) is 10.1. The number of hydrogen-bond donors (Lipinski definition) is 0. The van der Waals surface area contributed by atoms with E-state index in [0.29, 0.717) is 17.9 Å². The number of methoxy groups -OCH3 is 1. The summed E-state index contributed by atoms with van der Waals surface area (Å²) in [5.74, 6) is 1.71. The Balaban J connectivity index is 1.43. The molecule has 5 rings (SSSR count). The summed E-state index contributed by atoms with van der Waals surface area (Å²) in [4.78, 5) is 11.8. The third-order valence-corrected chi connectivity index (χ3v) is 9.32. The lowest BCUT2D eigenvalue weighted by Gasteiger charge is -2.34. The molecule has 1 aliphatic rings. The Morgan fingerprint density at radius 3 is 2.34 bits per heavy atom. The summed E-state index contributed by atoms with van der Waals surface area (Å²) in [5, 5.41) is 0.970. The number of esters is 1. The number of hydrogen-bond acceptors (Lipinski definition) is 7. The molecule has 0 saturated carbocycles. The molecule has 3 aromatic carbocycles. The van der Waals surface area contributed by atoms with Crippen LogP contribution in [0.5, 0.6) is 5.75 Å². The van der Waals surface area contributed by atoms with Crippen molar-refractivity contribution in [2.75, 3.05) is 26.1 Å². The van der Waals surface area contributed by atoms with Gasteiger partial charge in [0, 0.05) is 17.6 Å². The third kappa shape index (κ3) is 6.80. The van der Waals surface area contributed by atoms with Gasteiger partial charge in [0.25, 0.3) is 0 Å². The summed E-state index contributed by atoms with van der Waals surface area (Å²) in [6, 6.07) is 27.3. The van der Waals surface area contributed by atoms with Crippen molar-refractivity contribution in [2.45, 2.75) is 56.7 Å². The average Bonchev–Trinajstić information content (AvgIpc) is 3.40. The molecule has 0 N–H and O–H groups in total. The van der Waals surface area contributed by atoms with Gasteiger partial charge in [-0.2, -0.15) is 0 Å². The first kappa shape index (κ1) is 29.2. The average molecular weight is 575 g/mol. The van der Waals surface area contributed by atoms with E-state index in [0.717, 1.165) is 61.2 Å². The normalized spacial score (nSPS) is 15.6. The van der Waals surface area contributed by atoms with Gasteiger partial charge in [-0.15, -0.1) is 11.8 Å². The van der Waals surface area contributed by atoms with Gasteiger partial charge in [-0.3, -0.25) is 0 Å². The number of benzene rings is 3.